The SMILES string of the molecule is CCOC(=O)C1C(=O)CCCC1c1ccccc1. The second kappa shape index (κ2) is 5.80. The number of rotatable bonds is 3. The molecule has 1 saturated carbocycles. The molecule has 0 aromatic heterocycles. The highest BCUT2D eigenvalue weighted by Crippen LogP contribution is 2.36. The summed E-state index contributed by atoms with van der Waals surface area (Å²) >= 11 is 0. The molecule has 0 heterocycles. The fourth-order valence-electron chi connectivity index (χ4n) is 2.63. The number of carbonyl (C=O) groups is 2. The number of hydrogen-bond donors (Lipinski definition) is 0. The van der Waals surface area contributed by atoms with E-state index in [2.05, 4.69) is 0 Å². The summed E-state index contributed by atoms with van der Waals surface area (Å²) in [5, 5.41) is 0. The molecule has 0 amide bonds. The van der Waals surface area contributed by atoms with Gasteiger partial charge in [0, 0.05) is 12.3 Å². The first-order valence-electron chi connectivity index (χ1n) is 6.48. The number of ketones is 1. The average molecular weight is 246 g/mol. The third-order valence-corrected chi connectivity index (χ3v) is 3.46. The Hall–Kier alpha value is -1.64. The van der Waals surface area contributed by atoms with Crippen molar-refractivity contribution in [3.05, 3.63) is 35.9 Å². The third-order valence-electron chi connectivity index (χ3n) is 3.46. The van der Waals surface area contributed by atoms with Crippen molar-refractivity contribution in [3.63, 3.8) is 0 Å². The Morgan fingerprint density at radius 3 is 2.72 bits per heavy atom. The molecule has 2 unspecified atom stereocenters. The largest absolute Gasteiger partial charge is 0.465 e. The van der Waals surface area contributed by atoms with E-state index in [4.69, 9.17) is 4.74 Å². The molecular formula is C15H18O3. The van der Waals surface area contributed by atoms with E-state index in [9.17, 15) is 9.59 Å². The Bertz CT molecular complexity index is 425. The van der Waals surface area contributed by atoms with Crippen LogP contribution in [0.2, 0.25) is 0 Å². The summed E-state index contributed by atoms with van der Waals surface area (Å²) in [5.74, 6) is -0.975. The molecule has 3 nitrogen and oxygen atoms in total. The van der Waals surface area contributed by atoms with Crippen molar-refractivity contribution >= 4 is 11.8 Å². The van der Waals surface area contributed by atoms with Crippen LogP contribution in [-0.2, 0) is 14.3 Å². The van der Waals surface area contributed by atoms with Crippen molar-refractivity contribution in [1.29, 1.82) is 0 Å². The Morgan fingerprint density at radius 1 is 1.33 bits per heavy atom. The summed E-state index contributed by atoms with van der Waals surface area (Å²) in [6.07, 6.45) is 2.22. The molecule has 1 aromatic carbocycles. The Morgan fingerprint density at radius 2 is 2.06 bits per heavy atom. The molecule has 3 heteroatoms. The summed E-state index contributed by atoms with van der Waals surface area (Å²) in [6.45, 7) is 2.09. The molecule has 2 atom stereocenters. The maximum absolute atomic E-state index is 12.0. The normalized spacial score (nSPS) is 23.7. The van der Waals surface area contributed by atoms with Crippen LogP contribution in [0.4, 0.5) is 0 Å². The van der Waals surface area contributed by atoms with Crippen LogP contribution in [0.5, 0.6) is 0 Å². The van der Waals surface area contributed by atoms with Gasteiger partial charge in [0.2, 0.25) is 0 Å². The van der Waals surface area contributed by atoms with Crippen molar-refractivity contribution in [3.8, 4) is 0 Å². The zero-order valence-electron chi connectivity index (χ0n) is 10.6. The maximum Gasteiger partial charge on any atom is 0.317 e. The summed E-state index contributed by atoms with van der Waals surface area (Å²) < 4.78 is 5.04. The zero-order valence-corrected chi connectivity index (χ0v) is 10.6. The highest BCUT2D eigenvalue weighted by Gasteiger charge is 2.39. The summed E-state index contributed by atoms with van der Waals surface area (Å²) in [5.41, 5.74) is 1.06. The minimum absolute atomic E-state index is 0.0218. The predicted molar refractivity (Wildman–Crippen MR) is 68.2 cm³/mol. The summed E-state index contributed by atoms with van der Waals surface area (Å²) in [4.78, 5) is 23.9. The van der Waals surface area contributed by atoms with E-state index in [1.165, 1.54) is 0 Å². The number of benzene rings is 1. The van der Waals surface area contributed by atoms with Crippen LogP contribution in [-0.4, -0.2) is 18.4 Å². The van der Waals surface area contributed by atoms with Gasteiger partial charge in [0.1, 0.15) is 11.7 Å². The number of esters is 1. The molecule has 0 saturated heterocycles. The smallest absolute Gasteiger partial charge is 0.317 e. The van der Waals surface area contributed by atoms with Crippen LogP contribution in [0, 0.1) is 5.92 Å². The van der Waals surface area contributed by atoms with Gasteiger partial charge >= 0.3 is 5.97 Å². The number of hydrogen-bond acceptors (Lipinski definition) is 3. The fraction of sp³-hybridized carbons (Fsp3) is 0.467. The lowest BCUT2D eigenvalue weighted by molar-refractivity contribution is -0.153. The van der Waals surface area contributed by atoms with E-state index in [0.29, 0.717) is 13.0 Å². The lowest BCUT2D eigenvalue weighted by Gasteiger charge is -2.29. The van der Waals surface area contributed by atoms with Crippen molar-refractivity contribution in [2.75, 3.05) is 6.61 Å². The van der Waals surface area contributed by atoms with Gasteiger partial charge in [-0.15, -0.1) is 0 Å². The van der Waals surface area contributed by atoms with Crippen LogP contribution in [0.15, 0.2) is 30.3 Å². The topological polar surface area (TPSA) is 43.4 Å². The monoisotopic (exact) mass is 246 g/mol. The predicted octanol–water partition coefficient (Wildman–Crippen LogP) is 2.70. The molecule has 2 rings (SSSR count). The van der Waals surface area contributed by atoms with Crippen molar-refractivity contribution < 1.29 is 14.3 Å². The second-order valence-electron chi connectivity index (χ2n) is 4.61. The van der Waals surface area contributed by atoms with Crippen molar-refractivity contribution in [2.45, 2.75) is 32.1 Å². The first kappa shape index (κ1) is 12.8. The van der Waals surface area contributed by atoms with Gasteiger partial charge in [0.05, 0.1) is 6.61 Å². The highest BCUT2D eigenvalue weighted by atomic mass is 16.5. The van der Waals surface area contributed by atoms with Gasteiger partial charge < -0.3 is 4.74 Å². The van der Waals surface area contributed by atoms with E-state index in [1.54, 1.807) is 6.92 Å². The molecule has 0 bridgehead atoms. The van der Waals surface area contributed by atoms with Gasteiger partial charge in [-0.05, 0) is 25.3 Å². The van der Waals surface area contributed by atoms with Gasteiger partial charge in [-0.3, -0.25) is 9.59 Å². The Kier molecular flexibility index (Phi) is 4.13. The van der Waals surface area contributed by atoms with Crippen molar-refractivity contribution in [2.24, 2.45) is 5.92 Å². The van der Waals surface area contributed by atoms with E-state index < -0.39 is 5.92 Å². The summed E-state index contributed by atoms with van der Waals surface area (Å²) in [6, 6.07) is 9.78. The molecule has 18 heavy (non-hydrogen) atoms. The average Bonchev–Trinajstić information content (AvgIpc) is 2.39. The first-order chi connectivity index (χ1) is 8.74. The standard InChI is InChI=1S/C15H18O3/c1-2-18-15(17)14-12(9-6-10-13(14)16)11-7-4-3-5-8-11/h3-5,7-8,12,14H,2,6,9-10H2,1H3. The minimum atomic E-state index is -0.610. The van der Waals surface area contributed by atoms with Gasteiger partial charge in [0.15, 0.2) is 0 Å². The van der Waals surface area contributed by atoms with E-state index in [-0.39, 0.29) is 17.7 Å². The molecule has 1 aliphatic rings. The van der Waals surface area contributed by atoms with Crippen LogP contribution in [0.3, 0.4) is 0 Å². The molecule has 1 aromatic rings. The quantitative estimate of drug-likeness (QED) is 0.608. The molecule has 0 N–H and O–H groups in total. The van der Waals surface area contributed by atoms with E-state index in [1.807, 2.05) is 30.3 Å². The Balaban J connectivity index is 2.25. The van der Waals surface area contributed by atoms with Gasteiger partial charge in [-0.25, -0.2) is 0 Å². The van der Waals surface area contributed by atoms with Crippen LogP contribution in [0.25, 0.3) is 0 Å². The second-order valence-corrected chi connectivity index (χ2v) is 4.61. The first-order valence-corrected chi connectivity index (χ1v) is 6.48. The molecule has 96 valence electrons. The number of ether oxygens (including phenoxy) is 1. The lowest BCUT2D eigenvalue weighted by atomic mass is 9.74. The van der Waals surface area contributed by atoms with Crippen LogP contribution >= 0.6 is 0 Å². The van der Waals surface area contributed by atoms with Gasteiger partial charge in [-0.1, -0.05) is 30.3 Å². The van der Waals surface area contributed by atoms with Crippen LogP contribution < -0.4 is 0 Å². The minimum Gasteiger partial charge on any atom is -0.465 e. The fourth-order valence-corrected chi connectivity index (χ4v) is 2.63. The number of carbonyl (C=O) groups excluding carboxylic acids is 2. The van der Waals surface area contributed by atoms with Crippen LogP contribution in [0.1, 0.15) is 37.7 Å². The molecule has 1 fully saturated rings. The zero-order chi connectivity index (χ0) is 13.0. The number of Topliss-reactive ketones (excluding diaryl/α,β-unsaturated/α-hetero) is 1. The van der Waals surface area contributed by atoms with Crippen molar-refractivity contribution in [1.82, 2.24) is 0 Å². The molecule has 0 spiro atoms. The lowest BCUT2D eigenvalue weighted by Crippen LogP contribution is -2.35. The van der Waals surface area contributed by atoms with Gasteiger partial charge in [0.25, 0.3) is 0 Å². The highest BCUT2D eigenvalue weighted by molar-refractivity contribution is 6.00. The van der Waals surface area contributed by atoms with E-state index in [0.717, 1.165) is 18.4 Å². The molecular weight excluding hydrogens is 228 g/mol. The molecule has 1 aliphatic carbocycles. The summed E-state index contributed by atoms with van der Waals surface area (Å²) in [7, 11) is 0. The molecule has 0 radical (unpaired) electrons. The third kappa shape index (κ3) is 2.61. The Labute approximate surface area is 107 Å². The molecule has 0 aliphatic heterocycles. The van der Waals surface area contributed by atoms with Gasteiger partial charge in [-0.2, -0.15) is 0 Å². The maximum atomic E-state index is 12.0. The van der Waals surface area contributed by atoms with E-state index >= 15 is 0 Å².